The summed E-state index contributed by atoms with van der Waals surface area (Å²) in [4.78, 5) is 2.67. The van der Waals surface area contributed by atoms with E-state index in [-0.39, 0.29) is 30.6 Å². The van der Waals surface area contributed by atoms with Gasteiger partial charge in [-0.15, -0.1) is 24.8 Å². The van der Waals surface area contributed by atoms with Crippen molar-refractivity contribution in [3.8, 4) is 0 Å². The lowest BCUT2D eigenvalue weighted by Crippen LogP contribution is -2.53. The molecule has 1 aliphatic carbocycles. The predicted molar refractivity (Wildman–Crippen MR) is 94.5 cm³/mol. The molecule has 3 atom stereocenters. The van der Waals surface area contributed by atoms with E-state index in [1.807, 2.05) is 12.1 Å². The summed E-state index contributed by atoms with van der Waals surface area (Å²) in [5.41, 5.74) is 6.93. The molecule has 0 unspecified atom stereocenters. The third-order valence-electron chi connectivity index (χ3n) is 5.07. The summed E-state index contributed by atoms with van der Waals surface area (Å²) in [6, 6.07) is 7.78. The first kappa shape index (κ1) is 19.7. The molecule has 1 aromatic carbocycles. The zero-order chi connectivity index (χ0) is 13.9. The summed E-state index contributed by atoms with van der Waals surface area (Å²) in [7, 11) is 0. The largest absolute Gasteiger partial charge is 0.330 e. The van der Waals surface area contributed by atoms with Crippen molar-refractivity contribution in [3.63, 3.8) is 0 Å². The maximum Gasteiger partial charge on any atom is 0.123 e. The molecule has 2 bridgehead atoms. The quantitative estimate of drug-likeness (QED) is 0.879. The van der Waals surface area contributed by atoms with E-state index in [4.69, 9.17) is 5.73 Å². The van der Waals surface area contributed by atoms with E-state index in [9.17, 15) is 4.39 Å². The van der Waals surface area contributed by atoms with Gasteiger partial charge in [-0.05, 0) is 74.7 Å². The Kier molecular flexibility index (Phi) is 8.12. The first-order chi connectivity index (χ1) is 9.76. The predicted octanol–water partition coefficient (Wildman–Crippen LogP) is 3.66. The minimum absolute atomic E-state index is 0. The third kappa shape index (κ3) is 4.58. The molecule has 3 fully saturated rings. The van der Waals surface area contributed by atoms with Gasteiger partial charge in [0, 0.05) is 12.6 Å². The molecule has 126 valence electrons. The number of fused-ring (bicyclic) bond motifs is 3. The van der Waals surface area contributed by atoms with Crippen molar-refractivity contribution in [3.05, 3.63) is 35.6 Å². The smallest absolute Gasteiger partial charge is 0.123 e. The number of benzene rings is 1. The van der Waals surface area contributed by atoms with Gasteiger partial charge in [0.1, 0.15) is 5.82 Å². The highest BCUT2D eigenvalue weighted by Crippen LogP contribution is 2.40. The van der Waals surface area contributed by atoms with Crippen molar-refractivity contribution in [1.82, 2.24) is 4.90 Å². The summed E-state index contributed by atoms with van der Waals surface area (Å²) >= 11 is 0. The fourth-order valence-electron chi connectivity index (χ4n) is 4.15. The van der Waals surface area contributed by atoms with E-state index in [0.29, 0.717) is 0 Å². The molecular weight excluding hydrogens is 322 g/mol. The Morgan fingerprint density at radius 1 is 1.14 bits per heavy atom. The number of nitrogens with zero attached hydrogens (tertiary/aromatic N) is 1. The molecule has 1 saturated carbocycles. The van der Waals surface area contributed by atoms with Gasteiger partial charge in [0.05, 0.1) is 0 Å². The van der Waals surface area contributed by atoms with Gasteiger partial charge in [-0.25, -0.2) is 4.39 Å². The maximum absolute atomic E-state index is 13.0. The zero-order valence-electron chi connectivity index (χ0n) is 12.9. The van der Waals surface area contributed by atoms with Crippen LogP contribution in [0.3, 0.4) is 0 Å². The van der Waals surface area contributed by atoms with Gasteiger partial charge in [-0.3, -0.25) is 4.90 Å². The number of hydrogen-bond donors (Lipinski definition) is 1. The monoisotopic (exact) mass is 348 g/mol. The topological polar surface area (TPSA) is 29.3 Å². The van der Waals surface area contributed by atoms with E-state index < -0.39 is 0 Å². The van der Waals surface area contributed by atoms with Crippen LogP contribution in [0.15, 0.2) is 24.3 Å². The minimum atomic E-state index is -0.136. The van der Waals surface area contributed by atoms with E-state index in [1.165, 1.54) is 31.4 Å². The summed E-state index contributed by atoms with van der Waals surface area (Å²) in [6.07, 6.45) is 6.28. The van der Waals surface area contributed by atoms with Gasteiger partial charge >= 0.3 is 0 Å². The zero-order valence-corrected chi connectivity index (χ0v) is 14.6. The molecule has 22 heavy (non-hydrogen) atoms. The van der Waals surface area contributed by atoms with E-state index in [2.05, 4.69) is 4.90 Å². The lowest BCUT2D eigenvalue weighted by Gasteiger charge is -2.50. The van der Waals surface area contributed by atoms with E-state index >= 15 is 0 Å². The molecule has 2 heterocycles. The first-order valence-electron chi connectivity index (χ1n) is 7.95. The highest BCUT2D eigenvalue weighted by atomic mass is 35.5. The van der Waals surface area contributed by atoms with Gasteiger partial charge in [0.15, 0.2) is 0 Å². The molecule has 2 N–H and O–H groups in total. The van der Waals surface area contributed by atoms with Crippen LogP contribution in [0.4, 0.5) is 4.39 Å². The Balaban J connectivity index is 0.00000121. The number of nitrogens with two attached hydrogens (primary N) is 1. The highest BCUT2D eigenvalue weighted by molar-refractivity contribution is 5.85. The van der Waals surface area contributed by atoms with Gasteiger partial charge < -0.3 is 5.73 Å². The number of hydrogen-bond acceptors (Lipinski definition) is 2. The molecule has 3 aliphatic rings. The molecule has 4 rings (SSSR count). The van der Waals surface area contributed by atoms with Gasteiger partial charge in [-0.2, -0.15) is 0 Å². The number of halogens is 3. The van der Waals surface area contributed by atoms with Gasteiger partial charge in [0.2, 0.25) is 0 Å². The van der Waals surface area contributed by atoms with Crippen molar-refractivity contribution >= 4 is 24.8 Å². The molecule has 0 radical (unpaired) electrons. The SMILES string of the molecule is Cl.Cl.NCCCN1C[C@H]2CC[C@@H]1[C@@H](Cc1ccc(F)cc1)C2. The van der Waals surface area contributed by atoms with Gasteiger partial charge in [0.25, 0.3) is 0 Å². The molecule has 0 aromatic heterocycles. The number of rotatable bonds is 5. The number of piperidine rings is 2. The lowest BCUT2D eigenvalue weighted by molar-refractivity contribution is 0.00118. The van der Waals surface area contributed by atoms with Crippen molar-refractivity contribution in [2.75, 3.05) is 19.6 Å². The Morgan fingerprint density at radius 2 is 1.86 bits per heavy atom. The molecule has 0 amide bonds. The van der Waals surface area contributed by atoms with Crippen LogP contribution in [0.2, 0.25) is 0 Å². The Bertz CT molecular complexity index is 441. The summed E-state index contributed by atoms with van der Waals surface area (Å²) in [5.74, 6) is 1.47. The second-order valence-electron chi connectivity index (χ2n) is 6.47. The average Bonchev–Trinajstić information content (AvgIpc) is 2.48. The summed E-state index contributed by atoms with van der Waals surface area (Å²) in [5, 5.41) is 0. The lowest BCUT2D eigenvalue weighted by atomic mass is 9.70. The second-order valence-corrected chi connectivity index (χ2v) is 6.47. The van der Waals surface area contributed by atoms with Crippen molar-refractivity contribution < 1.29 is 4.39 Å². The van der Waals surface area contributed by atoms with Crippen LogP contribution >= 0.6 is 24.8 Å². The third-order valence-corrected chi connectivity index (χ3v) is 5.07. The normalized spacial score (nSPS) is 27.1. The van der Waals surface area contributed by atoms with E-state index in [1.54, 1.807) is 12.1 Å². The van der Waals surface area contributed by atoms with Crippen LogP contribution in [0.1, 0.15) is 31.2 Å². The van der Waals surface area contributed by atoms with Crippen molar-refractivity contribution in [2.24, 2.45) is 17.6 Å². The minimum Gasteiger partial charge on any atom is -0.330 e. The Labute approximate surface area is 145 Å². The molecule has 2 aliphatic heterocycles. The standard InChI is InChI=1S/C17H25FN2.2ClH/c18-16-5-2-13(3-6-16)10-15-11-14-4-7-17(15)20(12-14)9-1-8-19;;/h2-3,5-6,14-15,17H,1,4,7-12,19H2;2*1H/t14-,15-,17+;;/m0../s1. The molecule has 2 nitrogen and oxygen atoms in total. The molecular formula is C17H27Cl2FN2. The molecule has 1 aromatic rings. The van der Waals surface area contributed by atoms with Crippen LogP contribution in [-0.2, 0) is 6.42 Å². The van der Waals surface area contributed by atoms with Crippen LogP contribution < -0.4 is 5.73 Å². The van der Waals surface area contributed by atoms with Crippen molar-refractivity contribution in [2.45, 2.75) is 38.1 Å². The first-order valence-corrected chi connectivity index (χ1v) is 7.95. The maximum atomic E-state index is 13.0. The van der Waals surface area contributed by atoms with Crippen LogP contribution in [0, 0.1) is 17.7 Å². The Hall–Kier alpha value is -0.350. The van der Waals surface area contributed by atoms with Crippen molar-refractivity contribution in [1.29, 1.82) is 0 Å². The summed E-state index contributed by atoms with van der Waals surface area (Å²) in [6.45, 7) is 3.21. The molecule has 5 heteroatoms. The summed E-state index contributed by atoms with van der Waals surface area (Å²) < 4.78 is 13.0. The van der Waals surface area contributed by atoms with Crippen LogP contribution in [0.5, 0.6) is 0 Å². The van der Waals surface area contributed by atoms with Gasteiger partial charge in [-0.1, -0.05) is 12.1 Å². The average molecular weight is 349 g/mol. The fraction of sp³-hybridized carbons (Fsp3) is 0.647. The molecule has 0 spiro atoms. The molecule has 2 saturated heterocycles. The van der Waals surface area contributed by atoms with Crippen LogP contribution in [0.25, 0.3) is 0 Å². The van der Waals surface area contributed by atoms with Crippen LogP contribution in [-0.4, -0.2) is 30.6 Å². The van der Waals surface area contributed by atoms with E-state index in [0.717, 1.165) is 43.8 Å². The highest BCUT2D eigenvalue weighted by Gasteiger charge is 2.39. The Morgan fingerprint density at radius 3 is 2.50 bits per heavy atom. The fourth-order valence-corrected chi connectivity index (χ4v) is 4.15. The second kappa shape index (κ2) is 9.07.